The lowest BCUT2D eigenvalue weighted by atomic mass is 10.2. The average molecular weight is 338 g/mol. The number of hydrogen-bond acceptors (Lipinski definition) is 3. The molecule has 20 heavy (non-hydrogen) atoms. The highest BCUT2D eigenvalue weighted by molar-refractivity contribution is 9.10. The summed E-state index contributed by atoms with van der Waals surface area (Å²) in [6.07, 6.45) is 2.39. The molecular weight excluding hydrogens is 322 g/mol. The van der Waals surface area contributed by atoms with Crippen LogP contribution in [-0.4, -0.2) is 19.1 Å². The van der Waals surface area contributed by atoms with Gasteiger partial charge in [-0.05, 0) is 36.8 Å². The molecule has 1 heterocycles. The van der Waals surface area contributed by atoms with Gasteiger partial charge in [-0.3, -0.25) is 4.79 Å². The number of halogens is 1. The fourth-order valence-corrected chi connectivity index (χ4v) is 2.07. The van der Waals surface area contributed by atoms with E-state index in [0.717, 1.165) is 16.7 Å². The Kier molecular flexibility index (Phi) is 5.83. The van der Waals surface area contributed by atoms with Crippen LogP contribution >= 0.6 is 15.9 Å². The molecule has 5 heteroatoms. The van der Waals surface area contributed by atoms with E-state index in [9.17, 15) is 4.79 Å². The lowest BCUT2D eigenvalue weighted by Gasteiger charge is -2.06. The van der Waals surface area contributed by atoms with Gasteiger partial charge in [0.25, 0.3) is 5.91 Å². The zero-order valence-corrected chi connectivity index (χ0v) is 12.6. The molecule has 0 aliphatic carbocycles. The molecule has 1 N–H and O–H groups in total. The summed E-state index contributed by atoms with van der Waals surface area (Å²) in [5.41, 5.74) is 0.649. The van der Waals surface area contributed by atoms with Crippen molar-refractivity contribution in [3.05, 3.63) is 58.5 Å². The van der Waals surface area contributed by atoms with E-state index in [1.54, 1.807) is 18.4 Å². The molecule has 0 radical (unpaired) electrons. The lowest BCUT2D eigenvalue weighted by molar-refractivity contribution is 0.0917. The molecule has 106 valence electrons. The fraction of sp³-hybridized carbons (Fsp3) is 0.267. The number of furan rings is 1. The number of rotatable bonds is 7. The smallest absolute Gasteiger partial charge is 0.251 e. The van der Waals surface area contributed by atoms with E-state index in [0.29, 0.717) is 25.3 Å². The molecule has 0 spiro atoms. The van der Waals surface area contributed by atoms with Crippen molar-refractivity contribution < 1.29 is 13.9 Å². The molecule has 0 unspecified atom stereocenters. The Morgan fingerprint density at radius 3 is 2.95 bits per heavy atom. The summed E-state index contributed by atoms with van der Waals surface area (Å²) in [5, 5.41) is 2.86. The monoisotopic (exact) mass is 337 g/mol. The van der Waals surface area contributed by atoms with Gasteiger partial charge in [-0.25, -0.2) is 0 Å². The van der Waals surface area contributed by atoms with E-state index in [1.807, 2.05) is 24.3 Å². The van der Waals surface area contributed by atoms with Gasteiger partial charge in [0, 0.05) is 23.2 Å². The lowest BCUT2D eigenvalue weighted by Crippen LogP contribution is -2.25. The molecule has 2 aromatic rings. The second-order valence-electron chi connectivity index (χ2n) is 4.25. The van der Waals surface area contributed by atoms with Crippen LogP contribution in [0.3, 0.4) is 0 Å². The van der Waals surface area contributed by atoms with Crippen molar-refractivity contribution in [1.29, 1.82) is 0 Å². The van der Waals surface area contributed by atoms with Crippen LogP contribution in [0.1, 0.15) is 22.5 Å². The number of ether oxygens (including phenoxy) is 1. The molecule has 2 rings (SSSR count). The third-order valence-corrected chi connectivity index (χ3v) is 3.16. The van der Waals surface area contributed by atoms with E-state index in [4.69, 9.17) is 9.15 Å². The molecule has 0 aliphatic rings. The largest absolute Gasteiger partial charge is 0.467 e. The van der Waals surface area contributed by atoms with Gasteiger partial charge >= 0.3 is 0 Å². The van der Waals surface area contributed by atoms with E-state index in [1.165, 1.54) is 0 Å². The maximum absolute atomic E-state index is 11.8. The van der Waals surface area contributed by atoms with Crippen molar-refractivity contribution >= 4 is 21.8 Å². The molecule has 0 aliphatic heterocycles. The van der Waals surface area contributed by atoms with Crippen molar-refractivity contribution in [1.82, 2.24) is 5.32 Å². The number of carbonyl (C=O) groups is 1. The second kappa shape index (κ2) is 7.87. The molecule has 0 fully saturated rings. The number of hydrogen-bond donors (Lipinski definition) is 1. The zero-order chi connectivity index (χ0) is 14.2. The van der Waals surface area contributed by atoms with E-state index in [-0.39, 0.29) is 5.91 Å². The van der Waals surface area contributed by atoms with Crippen molar-refractivity contribution in [3.63, 3.8) is 0 Å². The number of benzene rings is 1. The van der Waals surface area contributed by atoms with Crippen molar-refractivity contribution in [2.75, 3.05) is 13.2 Å². The minimum Gasteiger partial charge on any atom is -0.467 e. The summed E-state index contributed by atoms with van der Waals surface area (Å²) in [5.74, 6) is 0.737. The predicted molar refractivity (Wildman–Crippen MR) is 79.5 cm³/mol. The Hall–Kier alpha value is -1.59. The van der Waals surface area contributed by atoms with Gasteiger partial charge in [-0.1, -0.05) is 22.0 Å². The van der Waals surface area contributed by atoms with Gasteiger partial charge in [0.2, 0.25) is 0 Å². The van der Waals surface area contributed by atoms with Crippen LogP contribution in [0.25, 0.3) is 0 Å². The maximum atomic E-state index is 11.8. The molecule has 0 atom stereocenters. The van der Waals surface area contributed by atoms with Crippen LogP contribution in [0, 0.1) is 0 Å². The first-order valence-corrected chi connectivity index (χ1v) is 7.19. The standard InChI is InChI=1S/C15H16BrNO3/c16-13-5-1-4-12(10-13)15(18)17-7-3-8-19-11-14-6-2-9-20-14/h1-2,4-6,9-10H,3,7-8,11H2,(H,17,18). The van der Waals surface area contributed by atoms with Crippen LogP contribution in [-0.2, 0) is 11.3 Å². The number of carbonyl (C=O) groups excluding carboxylic acids is 1. The van der Waals surface area contributed by atoms with Crippen molar-refractivity contribution in [2.45, 2.75) is 13.0 Å². The molecule has 1 amide bonds. The second-order valence-corrected chi connectivity index (χ2v) is 5.17. The Morgan fingerprint density at radius 1 is 1.30 bits per heavy atom. The zero-order valence-electron chi connectivity index (χ0n) is 11.0. The minimum absolute atomic E-state index is 0.0719. The number of amides is 1. The highest BCUT2D eigenvalue weighted by atomic mass is 79.9. The first kappa shape index (κ1) is 14.8. The normalized spacial score (nSPS) is 10.4. The van der Waals surface area contributed by atoms with Gasteiger partial charge in [0.05, 0.1) is 6.26 Å². The Labute approximate surface area is 126 Å². The van der Waals surface area contributed by atoms with Crippen LogP contribution in [0.15, 0.2) is 51.6 Å². The van der Waals surface area contributed by atoms with Crippen LogP contribution in [0.5, 0.6) is 0 Å². The third-order valence-electron chi connectivity index (χ3n) is 2.66. The summed E-state index contributed by atoms with van der Waals surface area (Å²) in [6, 6.07) is 11.0. The summed E-state index contributed by atoms with van der Waals surface area (Å²) < 4.78 is 11.5. The molecule has 0 saturated heterocycles. The first-order chi connectivity index (χ1) is 9.75. The van der Waals surface area contributed by atoms with E-state index in [2.05, 4.69) is 21.2 Å². The van der Waals surface area contributed by atoms with Crippen LogP contribution in [0.2, 0.25) is 0 Å². The SMILES string of the molecule is O=C(NCCCOCc1ccco1)c1cccc(Br)c1. The van der Waals surface area contributed by atoms with E-state index < -0.39 is 0 Å². The third kappa shape index (κ3) is 4.83. The van der Waals surface area contributed by atoms with Gasteiger partial charge in [-0.2, -0.15) is 0 Å². The highest BCUT2D eigenvalue weighted by Crippen LogP contribution is 2.11. The molecule has 4 nitrogen and oxygen atoms in total. The summed E-state index contributed by atoms with van der Waals surface area (Å²) >= 11 is 3.34. The minimum atomic E-state index is -0.0719. The Bertz CT molecular complexity index is 540. The van der Waals surface area contributed by atoms with Gasteiger partial charge in [0.15, 0.2) is 0 Å². The summed E-state index contributed by atoms with van der Waals surface area (Å²) in [6.45, 7) is 1.63. The summed E-state index contributed by atoms with van der Waals surface area (Å²) in [4.78, 5) is 11.8. The molecule has 1 aromatic heterocycles. The Morgan fingerprint density at radius 2 is 2.20 bits per heavy atom. The number of nitrogens with one attached hydrogen (secondary N) is 1. The van der Waals surface area contributed by atoms with E-state index >= 15 is 0 Å². The average Bonchev–Trinajstić information content (AvgIpc) is 2.95. The highest BCUT2D eigenvalue weighted by Gasteiger charge is 2.04. The topological polar surface area (TPSA) is 51.5 Å². The van der Waals surface area contributed by atoms with Crippen molar-refractivity contribution in [2.24, 2.45) is 0 Å². The quantitative estimate of drug-likeness (QED) is 0.788. The predicted octanol–water partition coefficient (Wildman–Crippen LogP) is 3.38. The van der Waals surface area contributed by atoms with Crippen LogP contribution in [0.4, 0.5) is 0 Å². The molecule has 0 bridgehead atoms. The fourth-order valence-electron chi connectivity index (χ4n) is 1.68. The summed E-state index contributed by atoms with van der Waals surface area (Å²) in [7, 11) is 0. The molecule has 0 saturated carbocycles. The first-order valence-electron chi connectivity index (χ1n) is 6.39. The maximum Gasteiger partial charge on any atom is 0.251 e. The molecule has 1 aromatic carbocycles. The van der Waals surface area contributed by atoms with Gasteiger partial charge < -0.3 is 14.5 Å². The van der Waals surface area contributed by atoms with Gasteiger partial charge in [-0.15, -0.1) is 0 Å². The van der Waals surface area contributed by atoms with Crippen molar-refractivity contribution in [3.8, 4) is 0 Å². The Balaban J connectivity index is 1.60. The van der Waals surface area contributed by atoms with Crippen LogP contribution < -0.4 is 5.32 Å². The van der Waals surface area contributed by atoms with Gasteiger partial charge in [0.1, 0.15) is 12.4 Å². The molecular formula is C15H16BrNO3.